The summed E-state index contributed by atoms with van der Waals surface area (Å²) in [6.45, 7) is 4.16. The van der Waals surface area contributed by atoms with Crippen LogP contribution in [-0.4, -0.2) is 61.2 Å². The number of hydrogen-bond donors (Lipinski definition) is 1. The van der Waals surface area contributed by atoms with Gasteiger partial charge in [0, 0.05) is 13.1 Å². The Morgan fingerprint density at radius 3 is 2.64 bits per heavy atom. The SMILES string of the molecule is CN(C)CCCN1CC(CC(=O)O)C1. The first-order valence-electron chi connectivity index (χ1n) is 5.17. The number of likely N-dealkylation sites (tertiary alicyclic amines) is 1. The second kappa shape index (κ2) is 5.32. The minimum absolute atomic E-state index is 0.337. The summed E-state index contributed by atoms with van der Waals surface area (Å²) in [4.78, 5) is 14.9. The second-order valence-corrected chi connectivity index (χ2v) is 4.38. The van der Waals surface area contributed by atoms with Gasteiger partial charge in [0.05, 0.1) is 6.42 Å². The first kappa shape index (κ1) is 11.5. The van der Waals surface area contributed by atoms with Crippen LogP contribution in [0.1, 0.15) is 12.8 Å². The minimum Gasteiger partial charge on any atom is -0.481 e. The molecule has 1 aliphatic heterocycles. The van der Waals surface area contributed by atoms with Crippen LogP contribution in [0.3, 0.4) is 0 Å². The number of nitrogens with zero attached hydrogens (tertiary/aromatic N) is 2. The summed E-state index contributed by atoms with van der Waals surface area (Å²) in [5, 5.41) is 8.56. The van der Waals surface area contributed by atoms with Crippen LogP contribution >= 0.6 is 0 Å². The zero-order chi connectivity index (χ0) is 10.6. The fourth-order valence-electron chi connectivity index (χ4n) is 1.85. The van der Waals surface area contributed by atoms with E-state index in [2.05, 4.69) is 23.9 Å². The Kier molecular flexibility index (Phi) is 4.35. The highest BCUT2D eigenvalue weighted by Gasteiger charge is 2.27. The maximum atomic E-state index is 10.4. The average Bonchev–Trinajstić information content (AvgIpc) is 1.98. The molecule has 0 aromatic carbocycles. The van der Waals surface area contributed by atoms with Crippen molar-refractivity contribution in [1.29, 1.82) is 0 Å². The molecule has 0 radical (unpaired) electrons. The van der Waals surface area contributed by atoms with Crippen LogP contribution in [0.15, 0.2) is 0 Å². The molecule has 4 nitrogen and oxygen atoms in total. The summed E-state index contributed by atoms with van der Waals surface area (Å²) >= 11 is 0. The van der Waals surface area contributed by atoms with Crippen LogP contribution in [0.25, 0.3) is 0 Å². The molecule has 0 amide bonds. The van der Waals surface area contributed by atoms with E-state index in [1.54, 1.807) is 0 Å². The highest BCUT2D eigenvalue weighted by Crippen LogP contribution is 2.18. The number of rotatable bonds is 6. The van der Waals surface area contributed by atoms with Gasteiger partial charge < -0.3 is 14.9 Å². The lowest BCUT2D eigenvalue weighted by molar-refractivity contribution is -0.139. The molecule has 4 heteroatoms. The molecule has 1 heterocycles. The molecule has 0 saturated carbocycles. The van der Waals surface area contributed by atoms with Gasteiger partial charge in [-0.3, -0.25) is 4.79 Å². The second-order valence-electron chi connectivity index (χ2n) is 4.38. The van der Waals surface area contributed by atoms with E-state index in [4.69, 9.17) is 5.11 Å². The normalized spacial score (nSPS) is 18.5. The third kappa shape index (κ3) is 4.07. The van der Waals surface area contributed by atoms with Gasteiger partial charge in [-0.2, -0.15) is 0 Å². The minimum atomic E-state index is -0.664. The molecular weight excluding hydrogens is 180 g/mol. The molecule has 0 atom stereocenters. The molecule has 82 valence electrons. The van der Waals surface area contributed by atoms with Crippen LogP contribution in [0, 0.1) is 5.92 Å². The van der Waals surface area contributed by atoms with E-state index in [-0.39, 0.29) is 0 Å². The maximum Gasteiger partial charge on any atom is 0.303 e. The number of carbonyl (C=O) groups is 1. The van der Waals surface area contributed by atoms with Crippen molar-refractivity contribution in [3.63, 3.8) is 0 Å². The predicted molar refractivity (Wildman–Crippen MR) is 55.4 cm³/mol. The lowest BCUT2D eigenvalue weighted by Gasteiger charge is -2.38. The van der Waals surface area contributed by atoms with Crippen LogP contribution in [-0.2, 0) is 4.79 Å². The van der Waals surface area contributed by atoms with Gasteiger partial charge in [0.15, 0.2) is 0 Å². The van der Waals surface area contributed by atoms with E-state index in [1.165, 1.54) is 6.42 Å². The molecule has 1 aliphatic rings. The first-order chi connectivity index (χ1) is 6.58. The van der Waals surface area contributed by atoms with Gasteiger partial charge in [0.2, 0.25) is 0 Å². The van der Waals surface area contributed by atoms with Crippen LogP contribution in [0.5, 0.6) is 0 Å². The summed E-state index contributed by atoms with van der Waals surface area (Å²) in [5.41, 5.74) is 0. The molecule has 0 aliphatic carbocycles. The Hall–Kier alpha value is -0.610. The molecule has 1 saturated heterocycles. The van der Waals surface area contributed by atoms with Crippen LogP contribution in [0.2, 0.25) is 0 Å². The van der Waals surface area contributed by atoms with E-state index < -0.39 is 5.97 Å². The van der Waals surface area contributed by atoms with E-state index >= 15 is 0 Å². The van der Waals surface area contributed by atoms with E-state index in [9.17, 15) is 4.79 Å². The molecule has 0 aromatic rings. The number of carboxylic acids is 1. The van der Waals surface area contributed by atoms with Crippen molar-refractivity contribution in [2.75, 3.05) is 40.3 Å². The van der Waals surface area contributed by atoms with Gasteiger partial charge in [0.1, 0.15) is 0 Å². The van der Waals surface area contributed by atoms with Crippen molar-refractivity contribution >= 4 is 5.97 Å². The van der Waals surface area contributed by atoms with Crippen molar-refractivity contribution in [3.8, 4) is 0 Å². The molecule has 0 bridgehead atoms. The third-order valence-corrected chi connectivity index (χ3v) is 2.58. The highest BCUT2D eigenvalue weighted by atomic mass is 16.4. The van der Waals surface area contributed by atoms with E-state index in [0.29, 0.717) is 12.3 Å². The Bertz CT molecular complexity index is 189. The standard InChI is InChI=1S/C10H20N2O2/c1-11(2)4-3-5-12-7-9(8-12)6-10(13)14/h9H,3-8H2,1-2H3,(H,13,14). The summed E-state index contributed by atoms with van der Waals surface area (Å²) in [6.07, 6.45) is 1.51. The fraction of sp³-hybridized carbons (Fsp3) is 0.900. The zero-order valence-electron chi connectivity index (χ0n) is 9.07. The Balaban J connectivity index is 1.96. The van der Waals surface area contributed by atoms with Crippen molar-refractivity contribution in [2.45, 2.75) is 12.8 Å². The van der Waals surface area contributed by atoms with Crippen molar-refractivity contribution in [2.24, 2.45) is 5.92 Å². The van der Waals surface area contributed by atoms with Crippen LogP contribution in [0.4, 0.5) is 0 Å². The van der Waals surface area contributed by atoms with E-state index in [0.717, 1.165) is 26.2 Å². The smallest absolute Gasteiger partial charge is 0.303 e. The third-order valence-electron chi connectivity index (χ3n) is 2.58. The number of aliphatic carboxylic acids is 1. The van der Waals surface area contributed by atoms with Crippen molar-refractivity contribution in [3.05, 3.63) is 0 Å². The summed E-state index contributed by atoms with van der Waals surface area (Å²) < 4.78 is 0. The quantitative estimate of drug-likeness (QED) is 0.671. The van der Waals surface area contributed by atoms with Gasteiger partial charge >= 0.3 is 5.97 Å². The molecule has 1 fully saturated rings. The lowest BCUT2D eigenvalue weighted by Crippen LogP contribution is -2.48. The van der Waals surface area contributed by atoms with Crippen molar-refractivity contribution in [1.82, 2.24) is 9.80 Å². The monoisotopic (exact) mass is 200 g/mol. The summed E-state index contributed by atoms with van der Waals surface area (Å²) in [7, 11) is 4.15. The number of hydrogen-bond acceptors (Lipinski definition) is 3. The van der Waals surface area contributed by atoms with Gasteiger partial charge in [-0.15, -0.1) is 0 Å². The fourth-order valence-corrected chi connectivity index (χ4v) is 1.85. The van der Waals surface area contributed by atoms with Crippen LogP contribution < -0.4 is 0 Å². The average molecular weight is 200 g/mol. The molecule has 1 N–H and O–H groups in total. The summed E-state index contributed by atoms with van der Waals surface area (Å²) in [5.74, 6) is -0.269. The molecule has 0 unspecified atom stereocenters. The zero-order valence-corrected chi connectivity index (χ0v) is 9.07. The van der Waals surface area contributed by atoms with Gasteiger partial charge in [-0.25, -0.2) is 0 Å². The largest absolute Gasteiger partial charge is 0.481 e. The van der Waals surface area contributed by atoms with Gasteiger partial charge in [0.25, 0.3) is 0 Å². The number of carboxylic acid groups (broad SMARTS) is 1. The topological polar surface area (TPSA) is 43.8 Å². The highest BCUT2D eigenvalue weighted by molar-refractivity contribution is 5.67. The molecule has 14 heavy (non-hydrogen) atoms. The molecule has 1 rings (SSSR count). The first-order valence-corrected chi connectivity index (χ1v) is 5.17. The molecular formula is C10H20N2O2. The van der Waals surface area contributed by atoms with Gasteiger partial charge in [-0.05, 0) is 39.5 Å². The molecule has 0 aromatic heterocycles. The maximum absolute atomic E-state index is 10.4. The molecule has 0 spiro atoms. The Labute approximate surface area is 85.5 Å². The summed E-state index contributed by atoms with van der Waals surface area (Å²) in [6, 6.07) is 0. The predicted octanol–water partition coefficient (Wildman–Crippen LogP) is 0.345. The van der Waals surface area contributed by atoms with Gasteiger partial charge in [-0.1, -0.05) is 0 Å². The lowest BCUT2D eigenvalue weighted by atomic mass is 9.96. The Morgan fingerprint density at radius 1 is 1.50 bits per heavy atom. The Morgan fingerprint density at radius 2 is 2.14 bits per heavy atom. The van der Waals surface area contributed by atoms with Crippen molar-refractivity contribution < 1.29 is 9.90 Å². The van der Waals surface area contributed by atoms with E-state index in [1.807, 2.05) is 0 Å².